The van der Waals surface area contributed by atoms with Crippen molar-refractivity contribution in [1.82, 2.24) is 4.90 Å². The van der Waals surface area contributed by atoms with E-state index in [9.17, 15) is 14.4 Å². The molecule has 0 saturated carbocycles. The molecule has 2 atom stereocenters. The second-order valence-electron chi connectivity index (χ2n) is 13.5. The first kappa shape index (κ1) is 42.1. The van der Waals surface area contributed by atoms with Crippen LogP contribution in [-0.2, 0) is 14.4 Å². The van der Waals surface area contributed by atoms with Gasteiger partial charge < -0.3 is 22.1 Å². The summed E-state index contributed by atoms with van der Waals surface area (Å²) in [6.07, 6.45) is 17.3. The number of hydrogen-bond donors (Lipinski definition) is 4. The molecule has 8 N–H and O–H groups in total. The van der Waals surface area contributed by atoms with E-state index < -0.39 is 6.04 Å². The Kier molecular flexibility index (Phi) is 23.0. The molecule has 0 aromatic heterocycles. The molecule has 8 nitrogen and oxygen atoms in total. The predicted octanol–water partition coefficient (Wildman–Crippen LogP) is 6.58. The summed E-state index contributed by atoms with van der Waals surface area (Å²) in [6.45, 7) is 2.73. The molecule has 0 radical (unpaired) electrons. The van der Waals surface area contributed by atoms with Gasteiger partial charge in [-0.25, -0.2) is 0 Å². The monoisotopic (exact) mass is 677 g/mol. The number of benzene rings is 2. The molecule has 2 aromatic carbocycles. The predicted molar refractivity (Wildman–Crippen MR) is 203 cm³/mol. The van der Waals surface area contributed by atoms with Gasteiger partial charge in [0, 0.05) is 38.3 Å². The average molecular weight is 677 g/mol. The lowest BCUT2D eigenvalue weighted by Crippen LogP contribution is -2.34. The summed E-state index contributed by atoms with van der Waals surface area (Å²) >= 11 is 0. The van der Waals surface area contributed by atoms with Crippen LogP contribution in [0.2, 0.25) is 0 Å². The van der Waals surface area contributed by atoms with Crippen molar-refractivity contribution in [1.29, 1.82) is 0 Å². The third-order valence-corrected chi connectivity index (χ3v) is 9.42. The van der Waals surface area contributed by atoms with Crippen LogP contribution < -0.4 is 22.9 Å². The van der Waals surface area contributed by atoms with Gasteiger partial charge in [-0.15, -0.1) is 0 Å². The third-order valence-electron chi connectivity index (χ3n) is 9.42. The molecule has 272 valence electrons. The standard InChI is InChI=1S/C41H66N5O3/c42-29-17-15-25-37(44)39(47)27-13-3-1-5-19-31-46(32-20-6-2-4-14-28-40(48)38(45)26-16-18-30-43)41(49)33-36(34-21-9-7-10-22-34)35-23-11-8-12-24-35/h7-12,21-25,36-38H,1-6,13-20,26-33,42-45H2/q+1/t37-,38-/m0/s1. The van der Waals surface area contributed by atoms with Gasteiger partial charge >= 0.3 is 0 Å². The maximum Gasteiger partial charge on any atom is 0.223 e. The molecule has 49 heavy (non-hydrogen) atoms. The van der Waals surface area contributed by atoms with Crippen molar-refractivity contribution in [2.45, 2.75) is 134 Å². The Bertz CT molecular complexity index is 1060. The fraction of sp³-hybridized carbons (Fsp3) is 0.610. The van der Waals surface area contributed by atoms with Crippen LogP contribution in [0.4, 0.5) is 0 Å². The molecule has 0 fully saturated rings. The first-order valence-corrected chi connectivity index (χ1v) is 19.0. The molecule has 1 amide bonds. The molecule has 0 spiro atoms. The lowest BCUT2D eigenvalue weighted by molar-refractivity contribution is -0.131. The number of nitrogens with two attached hydrogens (primary N) is 4. The van der Waals surface area contributed by atoms with Gasteiger partial charge in [0.15, 0.2) is 5.78 Å². The van der Waals surface area contributed by atoms with E-state index in [0.717, 1.165) is 121 Å². The van der Waals surface area contributed by atoms with Gasteiger partial charge in [0.25, 0.3) is 0 Å². The molecule has 0 aliphatic rings. The van der Waals surface area contributed by atoms with E-state index in [1.165, 1.54) is 0 Å². The summed E-state index contributed by atoms with van der Waals surface area (Å²) in [4.78, 5) is 40.6. The fourth-order valence-electron chi connectivity index (χ4n) is 6.30. The molecular weight excluding hydrogens is 610 g/mol. The van der Waals surface area contributed by atoms with E-state index in [1.54, 1.807) is 0 Å². The Morgan fingerprint density at radius 3 is 1.61 bits per heavy atom. The summed E-state index contributed by atoms with van der Waals surface area (Å²) in [7, 11) is 0. The molecule has 0 unspecified atom stereocenters. The van der Waals surface area contributed by atoms with Crippen molar-refractivity contribution in [3.05, 3.63) is 78.2 Å². The number of hydrogen-bond acceptors (Lipinski definition) is 7. The minimum absolute atomic E-state index is 0.00748. The minimum Gasteiger partial charge on any atom is -0.343 e. The first-order valence-electron chi connectivity index (χ1n) is 19.0. The van der Waals surface area contributed by atoms with E-state index in [4.69, 9.17) is 22.9 Å². The number of nitrogens with zero attached hydrogens (tertiary/aromatic N) is 1. The summed E-state index contributed by atoms with van der Waals surface area (Å²) < 4.78 is 0. The molecule has 0 aliphatic carbocycles. The van der Waals surface area contributed by atoms with Crippen molar-refractivity contribution in [2.24, 2.45) is 22.9 Å². The molecule has 0 bridgehead atoms. The van der Waals surface area contributed by atoms with Crippen LogP contribution in [-0.4, -0.2) is 60.6 Å². The van der Waals surface area contributed by atoms with Crippen LogP contribution in [0.25, 0.3) is 0 Å². The van der Waals surface area contributed by atoms with Crippen molar-refractivity contribution in [3.8, 4) is 0 Å². The van der Waals surface area contributed by atoms with Gasteiger partial charge in [-0.05, 0) is 69.2 Å². The van der Waals surface area contributed by atoms with Crippen molar-refractivity contribution in [2.75, 3.05) is 26.2 Å². The molecule has 0 aliphatic heterocycles. The van der Waals surface area contributed by atoms with Crippen LogP contribution in [0, 0.1) is 6.42 Å². The maximum atomic E-state index is 13.9. The Morgan fingerprint density at radius 1 is 0.592 bits per heavy atom. The van der Waals surface area contributed by atoms with Crippen LogP contribution in [0.5, 0.6) is 0 Å². The Balaban J connectivity index is 1.85. The van der Waals surface area contributed by atoms with Gasteiger partial charge in [0.05, 0.1) is 12.5 Å². The summed E-state index contributed by atoms with van der Waals surface area (Å²) in [5, 5.41) is 0. The zero-order valence-electron chi connectivity index (χ0n) is 30.1. The molecule has 2 rings (SSSR count). The van der Waals surface area contributed by atoms with E-state index in [2.05, 4.69) is 29.2 Å². The second-order valence-corrected chi connectivity index (χ2v) is 13.5. The van der Waals surface area contributed by atoms with Gasteiger partial charge in [-0.1, -0.05) is 106 Å². The van der Waals surface area contributed by atoms with Gasteiger partial charge in [-0.2, -0.15) is 0 Å². The Hall–Kier alpha value is -3.04. The molecule has 8 heteroatoms. The van der Waals surface area contributed by atoms with Gasteiger partial charge in [0.2, 0.25) is 11.9 Å². The summed E-state index contributed by atoms with van der Waals surface area (Å²) in [5.41, 5.74) is 25.4. The SMILES string of the molecule is NCCC[CH+][C@H](N)C(=O)CCCCCCCN(CCCCCCCC(=O)[C@@H](N)CCCCN)C(=O)CC(c1ccccc1)c1ccccc1. The highest BCUT2D eigenvalue weighted by atomic mass is 16.2. The summed E-state index contributed by atoms with van der Waals surface area (Å²) in [6, 6.07) is 19.8. The molecule has 0 saturated heterocycles. The van der Waals surface area contributed by atoms with Gasteiger partial charge in [-0.3, -0.25) is 20.1 Å². The lowest BCUT2D eigenvalue weighted by Gasteiger charge is -2.26. The number of carbonyl (C=O) groups excluding carboxylic acids is 3. The third kappa shape index (κ3) is 18.5. The topological polar surface area (TPSA) is 159 Å². The smallest absolute Gasteiger partial charge is 0.223 e. The number of unbranched alkanes of at least 4 members (excludes halogenated alkanes) is 10. The number of Topliss-reactive ketones (excluding diaryl/α,β-unsaturated/α-hetero) is 2. The highest BCUT2D eigenvalue weighted by Gasteiger charge is 2.23. The number of rotatable bonds is 30. The van der Waals surface area contributed by atoms with E-state index in [1.807, 2.05) is 42.8 Å². The van der Waals surface area contributed by atoms with E-state index in [0.29, 0.717) is 32.4 Å². The Morgan fingerprint density at radius 2 is 1.08 bits per heavy atom. The first-order chi connectivity index (χ1) is 23.9. The van der Waals surface area contributed by atoms with Crippen LogP contribution in [0.15, 0.2) is 60.7 Å². The van der Waals surface area contributed by atoms with E-state index >= 15 is 0 Å². The lowest BCUT2D eigenvalue weighted by atomic mass is 9.88. The van der Waals surface area contributed by atoms with E-state index in [-0.39, 0.29) is 29.4 Å². The normalized spacial score (nSPS) is 12.5. The highest BCUT2D eigenvalue weighted by molar-refractivity contribution is 5.85. The fourth-order valence-corrected chi connectivity index (χ4v) is 6.30. The largest absolute Gasteiger partial charge is 0.343 e. The van der Waals surface area contributed by atoms with Crippen LogP contribution in [0.1, 0.15) is 133 Å². The minimum atomic E-state index is -0.487. The zero-order chi connectivity index (χ0) is 35.5. The average Bonchev–Trinajstić information content (AvgIpc) is 3.12. The Labute approximate surface area is 297 Å². The maximum absolute atomic E-state index is 13.9. The van der Waals surface area contributed by atoms with Crippen molar-refractivity contribution < 1.29 is 14.4 Å². The van der Waals surface area contributed by atoms with Crippen LogP contribution >= 0.6 is 0 Å². The molecule has 2 aromatic rings. The molecular formula is C41H66N5O3+. The van der Waals surface area contributed by atoms with Crippen molar-refractivity contribution >= 4 is 17.5 Å². The quantitative estimate of drug-likeness (QED) is 0.0537. The summed E-state index contributed by atoms with van der Waals surface area (Å²) in [5.74, 6) is 0.464. The second kappa shape index (κ2) is 26.8. The molecule has 0 heterocycles. The zero-order valence-corrected chi connectivity index (χ0v) is 30.1. The van der Waals surface area contributed by atoms with Crippen molar-refractivity contribution in [3.63, 3.8) is 0 Å². The van der Waals surface area contributed by atoms with Gasteiger partial charge in [0.1, 0.15) is 12.2 Å². The highest BCUT2D eigenvalue weighted by Crippen LogP contribution is 2.29. The number of amides is 1. The van der Waals surface area contributed by atoms with Crippen LogP contribution in [0.3, 0.4) is 0 Å². The number of carbonyl (C=O) groups is 3. The number of ketones is 2.